The molecule has 1 N–H and O–H groups in total. The average molecular weight is 380 g/mol. The molecule has 25 heavy (non-hydrogen) atoms. The van der Waals surface area contributed by atoms with Gasteiger partial charge >= 0.3 is 0 Å². The number of hydrogen-bond acceptors (Lipinski definition) is 6. The summed E-state index contributed by atoms with van der Waals surface area (Å²) in [5, 5.41) is 7.82. The summed E-state index contributed by atoms with van der Waals surface area (Å²) in [6, 6.07) is 9.32. The molecule has 0 saturated heterocycles. The van der Waals surface area contributed by atoms with Crippen LogP contribution in [0.2, 0.25) is 10.2 Å². The van der Waals surface area contributed by atoms with Crippen LogP contribution in [-0.2, 0) is 0 Å². The number of halogens is 2. The van der Waals surface area contributed by atoms with E-state index in [1.54, 1.807) is 24.1 Å². The highest BCUT2D eigenvalue weighted by Crippen LogP contribution is 2.25. The van der Waals surface area contributed by atoms with Crippen molar-refractivity contribution in [3.63, 3.8) is 0 Å². The Labute approximate surface area is 154 Å². The summed E-state index contributed by atoms with van der Waals surface area (Å²) in [5.74, 6) is 1.87. The van der Waals surface area contributed by atoms with Crippen LogP contribution in [0.4, 0.5) is 5.82 Å². The third kappa shape index (κ3) is 4.12. The molecule has 1 aromatic carbocycles. The lowest BCUT2D eigenvalue weighted by molar-refractivity contribution is 0.310. The van der Waals surface area contributed by atoms with E-state index < -0.39 is 0 Å². The van der Waals surface area contributed by atoms with E-state index in [0.29, 0.717) is 24.8 Å². The summed E-state index contributed by atoms with van der Waals surface area (Å²) in [5.41, 5.74) is 0.874. The maximum absolute atomic E-state index is 6.02. The summed E-state index contributed by atoms with van der Waals surface area (Å²) in [7, 11) is 1.63. The number of hydrogen-bond donors (Lipinski definition) is 1. The Morgan fingerprint density at radius 3 is 2.68 bits per heavy atom. The number of ether oxygens (including phenoxy) is 2. The van der Waals surface area contributed by atoms with Crippen molar-refractivity contribution < 1.29 is 9.47 Å². The number of rotatable bonds is 7. The molecule has 0 fully saturated rings. The highest BCUT2D eigenvalue weighted by atomic mass is 35.5. The first-order valence-corrected chi connectivity index (χ1v) is 8.16. The van der Waals surface area contributed by atoms with E-state index in [0.717, 1.165) is 11.4 Å². The first-order valence-electron chi connectivity index (χ1n) is 7.40. The number of benzene rings is 1. The van der Waals surface area contributed by atoms with Crippen molar-refractivity contribution in [2.24, 2.45) is 0 Å². The number of nitrogens with one attached hydrogen (secondary N) is 1. The number of methoxy groups -OCH3 is 1. The molecule has 0 spiro atoms. The lowest BCUT2D eigenvalue weighted by Crippen LogP contribution is -2.14. The Morgan fingerprint density at radius 1 is 1.12 bits per heavy atom. The Morgan fingerprint density at radius 2 is 1.92 bits per heavy atom. The van der Waals surface area contributed by atoms with E-state index in [4.69, 9.17) is 32.7 Å². The van der Waals surface area contributed by atoms with Crippen LogP contribution < -0.4 is 14.8 Å². The first kappa shape index (κ1) is 17.3. The zero-order valence-electron chi connectivity index (χ0n) is 13.3. The Kier molecular flexibility index (Phi) is 5.57. The molecule has 9 heteroatoms. The predicted octanol–water partition coefficient (Wildman–Crippen LogP) is 3.47. The van der Waals surface area contributed by atoms with Crippen LogP contribution in [0.1, 0.15) is 0 Å². The molecule has 0 unspecified atom stereocenters. The lowest BCUT2D eigenvalue weighted by Gasteiger charge is -2.11. The molecule has 2 aromatic heterocycles. The van der Waals surface area contributed by atoms with Crippen molar-refractivity contribution in [3.05, 3.63) is 53.0 Å². The van der Waals surface area contributed by atoms with Gasteiger partial charge < -0.3 is 14.8 Å². The molecule has 3 rings (SSSR count). The van der Waals surface area contributed by atoms with Gasteiger partial charge in [0.05, 0.1) is 25.5 Å². The van der Waals surface area contributed by atoms with E-state index in [9.17, 15) is 0 Å². The molecule has 0 saturated carbocycles. The minimum atomic E-state index is 0.206. The van der Waals surface area contributed by atoms with E-state index in [2.05, 4.69) is 20.4 Å². The second-order valence-corrected chi connectivity index (χ2v) is 5.62. The molecule has 7 nitrogen and oxygen atoms in total. The van der Waals surface area contributed by atoms with E-state index in [-0.39, 0.29) is 10.2 Å². The lowest BCUT2D eigenvalue weighted by atomic mass is 10.3. The highest BCUT2D eigenvalue weighted by Gasteiger charge is 2.08. The van der Waals surface area contributed by atoms with Gasteiger partial charge in [-0.15, -0.1) is 0 Å². The summed E-state index contributed by atoms with van der Waals surface area (Å²) >= 11 is 11.9. The highest BCUT2D eigenvalue weighted by molar-refractivity contribution is 6.42. The maximum atomic E-state index is 6.02. The topological polar surface area (TPSA) is 74.1 Å². The maximum Gasteiger partial charge on any atom is 0.216 e. The van der Waals surface area contributed by atoms with Gasteiger partial charge in [-0.2, -0.15) is 5.10 Å². The number of aromatic nitrogens is 4. The molecule has 0 radical (unpaired) electrons. The average Bonchev–Trinajstić information content (AvgIpc) is 3.10. The van der Waals surface area contributed by atoms with Crippen LogP contribution >= 0.6 is 23.2 Å². The zero-order valence-corrected chi connectivity index (χ0v) is 14.8. The molecule has 0 bridgehead atoms. The van der Waals surface area contributed by atoms with Gasteiger partial charge in [0.1, 0.15) is 29.5 Å². The third-order valence-corrected chi connectivity index (χ3v) is 4.06. The van der Waals surface area contributed by atoms with E-state index >= 15 is 0 Å². The molecule has 0 aliphatic rings. The van der Waals surface area contributed by atoms with Gasteiger partial charge in [0.25, 0.3) is 0 Å². The monoisotopic (exact) mass is 379 g/mol. The fourth-order valence-electron chi connectivity index (χ4n) is 2.11. The van der Waals surface area contributed by atoms with Gasteiger partial charge in [0.2, 0.25) is 5.88 Å². The van der Waals surface area contributed by atoms with E-state index in [1.807, 2.05) is 24.3 Å². The second-order valence-electron chi connectivity index (χ2n) is 4.88. The van der Waals surface area contributed by atoms with Crippen molar-refractivity contribution in [1.29, 1.82) is 0 Å². The second kappa shape index (κ2) is 8.04. The fourth-order valence-corrected chi connectivity index (χ4v) is 2.41. The quantitative estimate of drug-likeness (QED) is 0.500. The largest absolute Gasteiger partial charge is 0.497 e. The predicted molar refractivity (Wildman–Crippen MR) is 96.2 cm³/mol. The summed E-state index contributed by atoms with van der Waals surface area (Å²) < 4.78 is 12.6. The SMILES string of the molecule is COc1ccc(-n2nccc2OCCNc2ncnc(Cl)c2Cl)cc1. The van der Waals surface area contributed by atoms with Crippen molar-refractivity contribution in [2.45, 2.75) is 0 Å². The number of nitrogens with zero attached hydrogens (tertiary/aromatic N) is 4. The van der Waals surface area contributed by atoms with Gasteiger partial charge in [-0.25, -0.2) is 14.6 Å². The van der Waals surface area contributed by atoms with Crippen LogP contribution in [0.3, 0.4) is 0 Å². The van der Waals surface area contributed by atoms with Crippen molar-refractivity contribution in [3.8, 4) is 17.3 Å². The van der Waals surface area contributed by atoms with Gasteiger partial charge in [0.15, 0.2) is 5.15 Å². The Bertz CT molecular complexity index is 839. The zero-order chi connectivity index (χ0) is 17.6. The Balaban J connectivity index is 1.59. The smallest absolute Gasteiger partial charge is 0.216 e. The van der Waals surface area contributed by atoms with Crippen LogP contribution in [0.5, 0.6) is 11.6 Å². The molecule has 0 atom stereocenters. The normalized spacial score (nSPS) is 10.5. The van der Waals surface area contributed by atoms with Crippen molar-refractivity contribution in [1.82, 2.24) is 19.7 Å². The summed E-state index contributed by atoms with van der Waals surface area (Å²) in [6.07, 6.45) is 3.02. The van der Waals surface area contributed by atoms with E-state index in [1.165, 1.54) is 6.33 Å². The van der Waals surface area contributed by atoms with Crippen molar-refractivity contribution in [2.75, 3.05) is 25.6 Å². The first-order chi connectivity index (χ1) is 12.2. The molecule has 2 heterocycles. The number of anilines is 1. The van der Waals surface area contributed by atoms with Gasteiger partial charge in [-0.1, -0.05) is 23.2 Å². The van der Waals surface area contributed by atoms with Crippen LogP contribution in [0.25, 0.3) is 5.69 Å². The molecule has 0 amide bonds. The standard InChI is InChI=1S/C16H15Cl2N5O2/c1-24-12-4-2-11(3-5-12)23-13(6-7-22-23)25-9-8-19-16-14(17)15(18)20-10-21-16/h2-7,10H,8-9H2,1H3,(H,19,20,21). The van der Waals surface area contributed by atoms with Crippen LogP contribution in [-0.4, -0.2) is 40.0 Å². The fraction of sp³-hybridized carbons (Fsp3) is 0.188. The molecule has 130 valence electrons. The van der Waals surface area contributed by atoms with Gasteiger partial charge in [-0.3, -0.25) is 0 Å². The minimum absolute atomic E-state index is 0.206. The molecule has 0 aliphatic heterocycles. The minimum Gasteiger partial charge on any atom is -0.497 e. The molecular weight excluding hydrogens is 365 g/mol. The summed E-state index contributed by atoms with van der Waals surface area (Å²) in [6.45, 7) is 0.876. The molecular formula is C16H15Cl2N5O2. The Hall–Kier alpha value is -2.51. The molecule has 0 aliphatic carbocycles. The van der Waals surface area contributed by atoms with Gasteiger partial charge in [0, 0.05) is 6.07 Å². The molecule has 3 aromatic rings. The van der Waals surface area contributed by atoms with Crippen LogP contribution in [0, 0.1) is 0 Å². The third-order valence-electron chi connectivity index (χ3n) is 3.32. The van der Waals surface area contributed by atoms with Gasteiger partial charge in [-0.05, 0) is 24.3 Å². The van der Waals surface area contributed by atoms with Crippen molar-refractivity contribution >= 4 is 29.0 Å². The summed E-state index contributed by atoms with van der Waals surface area (Å²) in [4.78, 5) is 7.83. The van der Waals surface area contributed by atoms with Crippen LogP contribution in [0.15, 0.2) is 42.9 Å².